The van der Waals surface area contributed by atoms with Gasteiger partial charge >= 0.3 is 0 Å². The zero-order valence-electron chi connectivity index (χ0n) is 14.1. The zero-order chi connectivity index (χ0) is 17.8. The van der Waals surface area contributed by atoms with Gasteiger partial charge in [0.05, 0.1) is 5.69 Å². The number of phenols is 1. The Labute approximate surface area is 152 Å². The van der Waals surface area contributed by atoms with E-state index in [-0.39, 0.29) is 18.3 Å². The number of aromatic hydroxyl groups is 1. The minimum Gasteiger partial charge on any atom is -0.506 e. The standard InChI is InChI=1S/C19H21ClN2O3/c1-14-12-15(20)6-7-18(14)25-13-19(24)22-10-8-21(9-11-22)16-4-2-3-5-17(16)23/h2-7,12,23H,8-11,13H2,1H3. The number of anilines is 1. The molecule has 0 saturated carbocycles. The fraction of sp³-hybridized carbons (Fsp3) is 0.316. The highest BCUT2D eigenvalue weighted by Gasteiger charge is 2.22. The Morgan fingerprint density at radius 1 is 1.16 bits per heavy atom. The molecule has 1 aliphatic rings. The predicted octanol–water partition coefficient (Wildman–Crippen LogP) is 3.08. The Morgan fingerprint density at radius 3 is 2.56 bits per heavy atom. The molecule has 1 amide bonds. The number of rotatable bonds is 4. The van der Waals surface area contributed by atoms with Crippen LogP contribution in [0.15, 0.2) is 42.5 Å². The van der Waals surface area contributed by atoms with E-state index in [1.807, 2.05) is 25.1 Å². The first kappa shape index (κ1) is 17.4. The second-order valence-electron chi connectivity index (χ2n) is 6.06. The van der Waals surface area contributed by atoms with Crippen molar-refractivity contribution in [3.05, 3.63) is 53.1 Å². The second-order valence-corrected chi connectivity index (χ2v) is 6.49. The first-order chi connectivity index (χ1) is 12.0. The highest BCUT2D eigenvalue weighted by molar-refractivity contribution is 6.30. The summed E-state index contributed by atoms with van der Waals surface area (Å²) in [4.78, 5) is 16.2. The molecule has 0 atom stereocenters. The predicted molar refractivity (Wildman–Crippen MR) is 98.6 cm³/mol. The number of halogens is 1. The van der Waals surface area contributed by atoms with Crippen molar-refractivity contribution in [2.75, 3.05) is 37.7 Å². The van der Waals surface area contributed by atoms with E-state index in [0.717, 1.165) is 11.3 Å². The molecule has 0 aliphatic carbocycles. The summed E-state index contributed by atoms with van der Waals surface area (Å²) >= 11 is 5.92. The summed E-state index contributed by atoms with van der Waals surface area (Å²) < 4.78 is 5.63. The molecular formula is C19H21ClN2O3. The Kier molecular flexibility index (Phi) is 5.34. The molecule has 0 radical (unpaired) electrons. The Bertz CT molecular complexity index is 758. The molecule has 6 heteroatoms. The lowest BCUT2D eigenvalue weighted by molar-refractivity contribution is -0.133. The zero-order valence-corrected chi connectivity index (χ0v) is 14.9. The number of amides is 1. The first-order valence-corrected chi connectivity index (χ1v) is 8.62. The number of ether oxygens (including phenoxy) is 1. The minimum atomic E-state index is -0.0358. The van der Waals surface area contributed by atoms with Crippen LogP contribution in [0.25, 0.3) is 0 Å². The van der Waals surface area contributed by atoms with E-state index in [2.05, 4.69) is 4.90 Å². The van der Waals surface area contributed by atoms with Gasteiger partial charge in [0.25, 0.3) is 5.91 Å². The molecule has 1 heterocycles. The van der Waals surface area contributed by atoms with Gasteiger partial charge in [0.1, 0.15) is 11.5 Å². The number of hydrogen-bond acceptors (Lipinski definition) is 4. The van der Waals surface area contributed by atoms with Crippen LogP contribution >= 0.6 is 11.6 Å². The van der Waals surface area contributed by atoms with Crippen molar-refractivity contribution in [1.29, 1.82) is 0 Å². The van der Waals surface area contributed by atoms with Gasteiger partial charge in [-0.05, 0) is 42.8 Å². The molecule has 2 aromatic carbocycles. The van der Waals surface area contributed by atoms with E-state index >= 15 is 0 Å². The van der Waals surface area contributed by atoms with E-state index in [1.54, 1.807) is 29.2 Å². The fourth-order valence-electron chi connectivity index (χ4n) is 2.93. The third-order valence-electron chi connectivity index (χ3n) is 4.34. The van der Waals surface area contributed by atoms with Gasteiger partial charge in [-0.1, -0.05) is 23.7 Å². The van der Waals surface area contributed by atoms with Crippen LogP contribution in [0.2, 0.25) is 5.02 Å². The normalized spacial score (nSPS) is 14.5. The number of aryl methyl sites for hydroxylation is 1. The van der Waals surface area contributed by atoms with Crippen LogP contribution in [0, 0.1) is 6.92 Å². The lowest BCUT2D eigenvalue weighted by Gasteiger charge is -2.36. The van der Waals surface area contributed by atoms with Crippen molar-refractivity contribution in [3.8, 4) is 11.5 Å². The van der Waals surface area contributed by atoms with Crippen molar-refractivity contribution >= 4 is 23.2 Å². The Hall–Kier alpha value is -2.40. The summed E-state index contributed by atoms with van der Waals surface area (Å²) in [7, 11) is 0. The smallest absolute Gasteiger partial charge is 0.260 e. The highest BCUT2D eigenvalue weighted by atomic mass is 35.5. The molecule has 0 bridgehead atoms. The maximum Gasteiger partial charge on any atom is 0.260 e. The average Bonchev–Trinajstić information content (AvgIpc) is 2.61. The molecule has 1 aliphatic heterocycles. The molecule has 0 unspecified atom stereocenters. The molecule has 2 aromatic rings. The highest BCUT2D eigenvalue weighted by Crippen LogP contribution is 2.27. The average molecular weight is 361 g/mol. The van der Waals surface area contributed by atoms with E-state index in [9.17, 15) is 9.90 Å². The molecule has 3 rings (SSSR count). The van der Waals surface area contributed by atoms with Gasteiger partial charge in [0.2, 0.25) is 0 Å². The Morgan fingerprint density at radius 2 is 1.88 bits per heavy atom. The second kappa shape index (κ2) is 7.66. The van der Waals surface area contributed by atoms with Crippen LogP contribution in [0.1, 0.15) is 5.56 Å². The van der Waals surface area contributed by atoms with Gasteiger partial charge in [-0.25, -0.2) is 0 Å². The van der Waals surface area contributed by atoms with Gasteiger partial charge in [-0.15, -0.1) is 0 Å². The van der Waals surface area contributed by atoms with E-state index < -0.39 is 0 Å². The van der Waals surface area contributed by atoms with Crippen LogP contribution in [-0.4, -0.2) is 48.7 Å². The molecule has 1 saturated heterocycles. The van der Waals surface area contributed by atoms with Gasteiger partial charge in [-0.2, -0.15) is 0 Å². The quantitative estimate of drug-likeness (QED) is 0.910. The van der Waals surface area contributed by atoms with E-state index in [0.29, 0.717) is 37.0 Å². The van der Waals surface area contributed by atoms with Crippen LogP contribution in [0.3, 0.4) is 0 Å². The summed E-state index contributed by atoms with van der Waals surface area (Å²) in [5, 5.41) is 10.6. The SMILES string of the molecule is Cc1cc(Cl)ccc1OCC(=O)N1CCN(c2ccccc2O)CC1. The first-order valence-electron chi connectivity index (χ1n) is 8.24. The fourth-order valence-corrected chi connectivity index (χ4v) is 3.16. The molecule has 1 fully saturated rings. The number of para-hydroxylation sites is 2. The van der Waals surface area contributed by atoms with E-state index in [4.69, 9.17) is 16.3 Å². The van der Waals surface area contributed by atoms with Crippen LogP contribution in [0.5, 0.6) is 11.5 Å². The molecule has 25 heavy (non-hydrogen) atoms. The van der Waals surface area contributed by atoms with Crippen LogP contribution in [0.4, 0.5) is 5.69 Å². The summed E-state index contributed by atoms with van der Waals surface area (Å²) in [6.45, 7) is 4.49. The minimum absolute atomic E-state index is 0.0130. The van der Waals surface area contributed by atoms with E-state index in [1.165, 1.54) is 0 Å². The number of carbonyl (C=O) groups excluding carboxylic acids is 1. The topological polar surface area (TPSA) is 53.0 Å². The maximum absolute atomic E-state index is 12.4. The number of piperazine rings is 1. The van der Waals surface area contributed by atoms with Gasteiger partial charge in [0.15, 0.2) is 6.61 Å². The molecule has 5 nitrogen and oxygen atoms in total. The number of hydrogen-bond donors (Lipinski definition) is 1. The summed E-state index contributed by atoms with van der Waals surface area (Å²) in [5.74, 6) is 0.903. The van der Waals surface area contributed by atoms with Crippen LogP contribution < -0.4 is 9.64 Å². The molecule has 1 N–H and O–H groups in total. The largest absolute Gasteiger partial charge is 0.506 e. The van der Waals surface area contributed by atoms with Crippen molar-refractivity contribution in [2.24, 2.45) is 0 Å². The summed E-state index contributed by atoms with van der Waals surface area (Å²) in [6, 6.07) is 12.6. The summed E-state index contributed by atoms with van der Waals surface area (Å²) in [5.41, 5.74) is 1.72. The lowest BCUT2D eigenvalue weighted by atomic mass is 10.2. The lowest BCUT2D eigenvalue weighted by Crippen LogP contribution is -2.50. The van der Waals surface area contributed by atoms with Crippen LogP contribution in [-0.2, 0) is 4.79 Å². The number of phenolic OH excluding ortho intramolecular Hbond substituents is 1. The van der Waals surface area contributed by atoms with Crippen molar-refractivity contribution < 1.29 is 14.6 Å². The van der Waals surface area contributed by atoms with Crippen molar-refractivity contribution in [1.82, 2.24) is 4.90 Å². The molecule has 0 aromatic heterocycles. The summed E-state index contributed by atoms with van der Waals surface area (Å²) in [6.07, 6.45) is 0. The van der Waals surface area contributed by atoms with Gasteiger partial charge in [0, 0.05) is 31.2 Å². The number of benzene rings is 2. The molecular weight excluding hydrogens is 340 g/mol. The number of nitrogens with zero attached hydrogens (tertiary/aromatic N) is 2. The molecule has 132 valence electrons. The van der Waals surface area contributed by atoms with Crippen molar-refractivity contribution in [3.63, 3.8) is 0 Å². The van der Waals surface area contributed by atoms with Gasteiger partial charge in [-0.3, -0.25) is 4.79 Å². The van der Waals surface area contributed by atoms with Crippen molar-refractivity contribution in [2.45, 2.75) is 6.92 Å². The Balaban J connectivity index is 1.52. The number of carbonyl (C=O) groups is 1. The monoisotopic (exact) mass is 360 g/mol. The van der Waals surface area contributed by atoms with Gasteiger partial charge < -0.3 is 19.6 Å². The molecule has 0 spiro atoms. The third-order valence-corrected chi connectivity index (χ3v) is 4.58. The third kappa shape index (κ3) is 4.17. The maximum atomic E-state index is 12.4.